The second-order valence-electron chi connectivity index (χ2n) is 4.45. The van der Waals surface area contributed by atoms with Crippen molar-refractivity contribution in [2.75, 3.05) is 0 Å². The molecule has 1 aliphatic carbocycles. The molecule has 0 radical (unpaired) electrons. The smallest absolute Gasteiger partial charge is 0.258 e. The number of hydrogen-bond donors (Lipinski definition) is 0. The molecule has 1 fully saturated rings. The summed E-state index contributed by atoms with van der Waals surface area (Å²) in [7, 11) is 0. The predicted octanol–water partition coefficient (Wildman–Crippen LogP) is 2.54. The van der Waals surface area contributed by atoms with Crippen molar-refractivity contribution in [3.63, 3.8) is 0 Å². The van der Waals surface area contributed by atoms with E-state index in [0.29, 0.717) is 11.1 Å². The van der Waals surface area contributed by atoms with Gasteiger partial charge in [-0.1, -0.05) is 0 Å². The van der Waals surface area contributed by atoms with Crippen LogP contribution in [0.3, 0.4) is 0 Å². The van der Waals surface area contributed by atoms with Gasteiger partial charge in [0.2, 0.25) is 6.08 Å². The van der Waals surface area contributed by atoms with Crippen LogP contribution in [-0.2, 0) is 10.3 Å². The number of nitro groups is 1. The quantitative estimate of drug-likeness (QED) is 0.348. The molecule has 0 saturated heterocycles. The second kappa shape index (κ2) is 3.79. The largest absolute Gasteiger partial charge is 0.275 e. The molecule has 1 aromatic rings. The Bertz CT molecular complexity index is 518. The summed E-state index contributed by atoms with van der Waals surface area (Å²) in [4.78, 5) is 24.7. The number of nitrogens with zero attached hydrogens (tertiary/aromatic N) is 2. The summed E-state index contributed by atoms with van der Waals surface area (Å²) in [6, 6.07) is 3.50. The van der Waals surface area contributed by atoms with E-state index < -0.39 is 5.54 Å². The van der Waals surface area contributed by atoms with Gasteiger partial charge < -0.3 is 0 Å². The minimum absolute atomic E-state index is 0.139. The van der Waals surface area contributed by atoms with Crippen LogP contribution in [-0.4, -0.2) is 11.0 Å². The number of nitro benzene ring substituents is 1. The van der Waals surface area contributed by atoms with E-state index in [0.717, 1.165) is 18.4 Å². The standard InChI is InChI=1S/C12H12N2O3/c1-8-5-10(12(3-4-12)13-7-15)6-9(2)11(8)14(16)17/h5-6H,3-4H2,1-2H3. The van der Waals surface area contributed by atoms with Gasteiger partial charge in [-0.05, 0) is 44.4 Å². The molecule has 0 spiro atoms. The highest BCUT2D eigenvalue weighted by Gasteiger charge is 2.45. The third kappa shape index (κ3) is 1.85. The first-order chi connectivity index (χ1) is 8.00. The van der Waals surface area contributed by atoms with Gasteiger partial charge in [0.05, 0.1) is 10.5 Å². The molecule has 17 heavy (non-hydrogen) atoms. The van der Waals surface area contributed by atoms with E-state index in [9.17, 15) is 14.9 Å². The molecule has 2 rings (SSSR count). The van der Waals surface area contributed by atoms with E-state index in [1.54, 1.807) is 32.1 Å². The maximum atomic E-state index is 10.9. The van der Waals surface area contributed by atoms with Gasteiger partial charge in [-0.15, -0.1) is 0 Å². The van der Waals surface area contributed by atoms with Crippen LogP contribution in [0.25, 0.3) is 0 Å². The molecule has 0 aromatic heterocycles. The van der Waals surface area contributed by atoms with Gasteiger partial charge >= 0.3 is 0 Å². The molecule has 1 saturated carbocycles. The van der Waals surface area contributed by atoms with Crippen LogP contribution in [0.2, 0.25) is 0 Å². The van der Waals surface area contributed by atoms with Crippen molar-refractivity contribution in [1.82, 2.24) is 0 Å². The Kier molecular flexibility index (Phi) is 2.56. The first-order valence-electron chi connectivity index (χ1n) is 5.35. The van der Waals surface area contributed by atoms with Crippen molar-refractivity contribution in [2.45, 2.75) is 32.2 Å². The number of benzene rings is 1. The minimum atomic E-state index is -0.466. The summed E-state index contributed by atoms with van der Waals surface area (Å²) in [5.41, 5.74) is 1.77. The van der Waals surface area contributed by atoms with E-state index in [1.165, 1.54) is 0 Å². The fraction of sp³-hybridized carbons (Fsp3) is 0.417. The fourth-order valence-corrected chi connectivity index (χ4v) is 2.18. The molecule has 0 bridgehead atoms. The summed E-state index contributed by atoms with van der Waals surface area (Å²) in [6.45, 7) is 3.41. The van der Waals surface area contributed by atoms with Gasteiger partial charge in [0, 0.05) is 11.1 Å². The molecular formula is C12H12N2O3. The molecule has 0 unspecified atom stereocenters. The molecule has 0 heterocycles. The zero-order chi connectivity index (χ0) is 12.6. The van der Waals surface area contributed by atoms with Crippen molar-refractivity contribution in [2.24, 2.45) is 4.99 Å². The lowest BCUT2D eigenvalue weighted by Crippen LogP contribution is -2.05. The molecule has 88 valence electrons. The predicted molar refractivity (Wildman–Crippen MR) is 61.6 cm³/mol. The van der Waals surface area contributed by atoms with Crippen molar-refractivity contribution in [3.8, 4) is 0 Å². The SMILES string of the molecule is Cc1cc(C2(N=C=O)CC2)cc(C)c1[N+](=O)[O-]. The summed E-state index contributed by atoms with van der Waals surface area (Å²) < 4.78 is 0. The topological polar surface area (TPSA) is 72.6 Å². The first kappa shape index (κ1) is 11.5. The summed E-state index contributed by atoms with van der Waals surface area (Å²) in [5.74, 6) is 0. The van der Waals surface area contributed by atoms with Crippen LogP contribution in [0.4, 0.5) is 5.69 Å². The van der Waals surface area contributed by atoms with Crippen LogP contribution in [0.15, 0.2) is 17.1 Å². The number of aliphatic imine (C=N–C) groups is 1. The number of aryl methyl sites for hydroxylation is 2. The van der Waals surface area contributed by atoms with Crippen molar-refractivity contribution < 1.29 is 9.72 Å². The van der Waals surface area contributed by atoms with E-state index in [2.05, 4.69) is 4.99 Å². The lowest BCUT2D eigenvalue weighted by molar-refractivity contribution is -0.386. The van der Waals surface area contributed by atoms with Gasteiger partial charge in [0.1, 0.15) is 0 Å². The van der Waals surface area contributed by atoms with Crippen LogP contribution in [0.1, 0.15) is 29.5 Å². The van der Waals surface area contributed by atoms with Gasteiger partial charge in [-0.3, -0.25) is 10.1 Å². The average Bonchev–Trinajstić information content (AvgIpc) is 2.97. The summed E-state index contributed by atoms with van der Waals surface area (Å²) in [6.07, 6.45) is 3.20. The van der Waals surface area contributed by atoms with E-state index in [1.807, 2.05) is 0 Å². The molecule has 5 heteroatoms. The Hall–Kier alpha value is -2.00. The highest BCUT2D eigenvalue weighted by Crippen LogP contribution is 2.50. The van der Waals surface area contributed by atoms with Crippen molar-refractivity contribution in [3.05, 3.63) is 38.9 Å². The lowest BCUT2D eigenvalue weighted by atomic mass is 9.98. The average molecular weight is 232 g/mol. The summed E-state index contributed by atoms with van der Waals surface area (Å²) >= 11 is 0. The number of rotatable bonds is 3. The summed E-state index contributed by atoms with van der Waals surface area (Å²) in [5, 5.41) is 10.9. The third-order valence-electron chi connectivity index (χ3n) is 3.19. The van der Waals surface area contributed by atoms with Gasteiger partial charge in [0.25, 0.3) is 5.69 Å². The zero-order valence-corrected chi connectivity index (χ0v) is 9.69. The molecule has 1 aliphatic rings. The molecule has 5 nitrogen and oxygen atoms in total. The van der Waals surface area contributed by atoms with Crippen LogP contribution < -0.4 is 0 Å². The maximum absolute atomic E-state index is 10.9. The molecule has 1 aromatic carbocycles. The van der Waals surface area contributed by atoms with Crippen LogP contribution in [0, 0.1) is 24.0 Å². The molecule has 0 aliphatic heterocycles. The first-order valence-corrected chi connectivity index (χ1v) is 5.35. The van der Waals surface area contributed by atoms with Gasteiger partial charge in [0.15, 0.2) is 0 Å². The zero-order valence-electron chi connectivity index (χ0n) is 9.69. The third-order valence-corrected chi connectivity index (χ3v) is 3.19. The number of carbonyl (C=O) groups excluding carboxylic acids is 1. The Morgan fingerprint density at radius 3 is 2.24 bits per heavy atom. The van der Waals surface area contributed by atoms with Crippen LogP contribution >= 0.6 is 0 Å². The van der Waals surface area contributed by atoms with E-state index in [-0.39, 0.29) is 10.6 Å². The highest BCUT2D eigenvalue weighted by molar-refractivity contribution is 5.52. The molecule has 0 N–H and O–H groups in total. The van der Waals surface area contributed by atoms with Crippen LogP contribution in [0.5, 0.6) is 0 Å². The number of hydrogen-bond acceptors (Lipinski definition) is 4. The Morgan fingerprint density at radius 1 is 1.35 bits per heavy atom. The van der Waals surface area contributed by atoms with E-state index >= 15 is 0 Å². The maximum Gasteiger partial charge on any atom is 0.275 e. The minimum Gasteiger partial charge on any atom is -0.258 e. The number of isocyanates is 1. The fourth-order valence-electron chi connectivity index (χ4n) is 2.18. The molecule has 0 atom stereocenters. The Morgan fingerprint density at radius 2 is 1.88 bits per heavy atom. The monoisotopic (exact) mass is 232 g/mol. The van der Waals surface area contributed by atoms with Gasteiger partial charge in [-0.25, -0.2) is 4.79 Å². The molecule has 0 amide bonds. The lowest BCUT2D eigenvalue weighted by Gasteiger charge is -2.11. The Balaban J connectivity index is 2.53. The van der Waals surface area contributed by atoms with Crippen molar-refractivity contribution in [1.29, 1.82) is 0 Å². The van der Waals surface area contributed by atoms with Crippen molar-refractivity contribution >= 4 is 11.8 Å². The highest BCUT2D eigenvalue weighted by atomic mass is 16.6. The Labute approximate surface area is 98.3 Å². The normalized spacial score (nSPS) is 16.1. The molecular weight excluding hydrogens is 220 g/mol. The second-order valence-corrected chi connectivity index (χ2v) is 4.45. The van der Waals surface area contributed by atoms with E-state index in [4.69, 9.17) is 0 Å². The van der Waals surface area contributed by atoms with Gasteiger partial charge in [-0.2, -0.15) is 4.99 Å².